The first-order valence-electron chi connectivity index (χ1n) is 12.5. The van der Waals surface area contributed by atoms with Crippen molar-refractivity contribution in [2.75, 3.05) is 19.8 Å². The summed E-state index contributed by atoms with van der Waals surface area (Å²) in [5, 5.41) is 2.91. The number of amides is 1. The van der Waals surface area contributed by atoms with Crippen molar-refractivity contribution < 1.29 is 9.53 Å². The van der Waals surface area contributed by atoms with Crippen LogP contribution in [0.4, 0.5) is 0 Å². The lowest BCUT2D eigenvalue weighted by Gasteiger charge is -2.25. The number of rotatable bonds is 8. The second-order valence-corrected chi connectivity index (χ2v) is 9.84. The van der Waals surface area contributed by atoms with Gasteiger partial charge in [-0.25, -0.2) is 9.78 Å². The first-order chi connectivity index (χ1) is 17.9. The summed E-state index contributed by atoms with van der Waals surface area (Å²) >= 11 is 0. The molecule has 0 atom stereocenters. The number of carbonyl (C=O) groups is 1. The first kappa shape index (κ1) is 24.6. The van der Waals surface area contributed by atoms with Crippen molar-refractivity contribution >= 4 is 16.9 Å². The highest BCUT2D eigenvalue weighted by Crippen LogP contribution is 2.16. The van der Waals surface area contributed by atoms with Crippen molar-refractivity contribution in [2.24, 2.45) is 5.92 Å². The quantitative estimate of drug-likeness (QED) is 0.403. The molecule has 0 spiro atoms. The minimum absolute atomic E-state index is 0.0811. The first-order valence-corrected chi connectivity index (χ1v) is 12.5. The smallest absolute Gasteiger partial charge is 0.332 e. The molecule has 0 saturated carbocycles. The van der Waals surface area contributed by atoms with Crippen LogP contribution in [-0.2, 0) is 17.8 Å². The molecule has 8 heteroatoms. The number of hydrogen-bond acceptors (Lipinski definition) is 5. The fourth-order valence-electron chi connectivity index (χ4n) is 4.41. The van der Waals surface area contributed by atoms with Crippen LogP contribution in [0.2, 0.25) is 0 Å². The molecule has 0 aliphatic carbocycles. The van der Waals surface area contributed by atoms with Gasteiger partial charge >= 0.3 is 5.69 Å². The summed E-state index contributed by atoms with van der Waals surface area (Å²) in [6.45, 7) is 6.61. The monoisotopic (exact) mass is 498 g/mol. The largest absolute Gasteiger partial charge is 0.381 e. The fourth-order valence-corrected chi connectivity index (χ4v) is 4.41. The summed E-state index contributed by atoms with van der Waals surface area (Å²) in [5.41, 5.74) is 3.37. The molecule has 0 bridgehead atoms. The second kappa shape index (κ2) is 10.5. The normalized spacial score (nSPS) is 13.6. The lowest BCUT2D eigenvalue weighted by molar-refractivity contribution is -0.0298. The molecular weight excluding hydrogens is 468 g/mol. The molecule has 4 aromatic rings. The van der Waals surface area contributed by atoms with Crippen molar-refractivity contribution in [3.63, 3.8) is 0 Å². The summed E-state index contributed by atoms with van der Waals surface area (Å²) in [6, 6.07) is 18.6. The van der Waals surface area contributed by atoms with E-state index < -0.39 is 11.2 Å². The van der Waals surface area contributed by atoms with Crippen molar-refractivity contribution in [1.82, 2.24) is 19.4 Å². The number of nitrogens with zero attached hydrogens (tertiary/aromatic N) is 3. The predicted octanol–water partition coefficient (Wildman–Crippen LogP) is 3.15. The van der Waals surface area contributed by atoms with E-state index in [-0.39, 0.29) is 18.0 Å². The zero-order valence-electron chi connectivity index (χ0n) is 21.0. The standard InChI is InChI=1S/C29H30N4O4/c1-19(2)23-9-5-20(6-10-23)15-32-25-4-3-13-30-26(25)28(35)33(29(32)36)16-21-7-11-24(12-8-21)27(34)31-14-22-17-37-18-22/h3-13,19,22H,14-18H2,1-2H3,(H,31,34). The molecule has 5 rings (SSSR count). The van der Waals surface area contributed by atoms with Crippen LogP contribution in [-0.4, -0.2) is 39.8 Å². The fraction of sp³-hybridized carbons (Fsp3) is 0.310. The Morgan fingerprint density at radius 2 is 1.62 bits per heavy atom. The van der Waals surface area contributed by atoms with Gasteiger partial charge in [0.1, 0.15) is 0 Å². The maximum atomic E-state index is 13.6. The summed E-state index contributed by atoms with van der Waals surface area (Å²) in [5.74, 6) is 0.627. The molecule has 37 heavy (non-hydrogen) atoms. The highest BCUT2D eigenvalue weighted by molar-refractivity contribution is 5.94. The second-order valence-electron chi connectivity index (χ2n) is 9.84. The van der Waals surface area contributed by atoms with Gasteiger partial charge in [-0.1, -0.05) is 50.2 Å². The zero-order chi connectivity index (χ0) is 25.9. The number of nitrogens with one attached hydrogen (secondary N) is 1. The minimum atomic E-state index is -0.434. The number of aromatic nitrogens is 3. The van der Waals surface area contributed by atoms with E-state index in [4.69, 9.17) is 4.74 Å². The summed E-state index contributed by atoms with van der Waals surface area (Å²) in [7, 11) is 0. The zero-order valence-corrected chi connectivity index (χ0v) is 21.0. The van der Waals surface area contributed by atoms with E-state index in [1.807, 2.05) is 12.1 Å². The molecule has 0 unspecified atom stereocenters. The van der Waals surface area contributed by atoms with Gasteiger partial charge < -0.3 is 10.1 Å². The van der Waals surface area contributed by atoms with Gasteiger partial charge in [0.25, 0.3) is 11.5 Å². The van der Waals surface area contributed by atoms with Crippen molar-refractivity contribution in [3.05, 3.63) is 110 Å². The molecule has 3 heterocycles. The number of pyridine rings is 1. The molecule has 2 aromatic heterocycles. The molecule has 1 fully saturated rings. The third-order valence-corrected chi connectivity index (χ3v) is 6.79. The van der Waals surface area contributed by atoms with Gasteiger partial charge in [-0.15, -0.1) is 0 Å². The SMILES string of the molecule is CC(C)c1ccc(Cn2c(=O)n(Cc3ccc(C(=O)NCC4COC4)cc3)c(=O)c3ncccc32)cc1. The van der Waals surface area contributed by atoms with Gasteiger partial charge in [-0.05, 0) is 46.9 Å². The molecule has 1 aliphatic heterocycles. The average Bonchev–Trinajstić information content (AvgIpc) is 2.88. The third-order valence-electron chi connectivity index (χ3n) is 6.79. The van der Waals surface area contributed by atoms with E-state index in [2.05, 4.69) is 36.3 Å². The van der Waals surface area contributed by atoms with Crippen LogP contribution in [0, 0.1) is 5.92 Å². The van der Waals surface area contributed by atoms with E-state index in [9.17, 15) is 14.4 Å². The lowest BCUT2D eigenvalue weighted by Crippen LogP contribution is -2.41. The Balaban J connectivity index is 1.43. The van der Waals surface area contributed by atoms with E-state index in [0.29, 0.717) is 49.2 Å². The van der Waals surface area contributed by atoms with Crippen molar-refractivity contribution in [3.8, 4) is 0 Å². The Morgan fingerprint density at radius 1 is 0.973 bits per heavy atom. The van der Waals surface area contributed by atoms with Crippen LogP contribution in [0.1, 0.15) is 46.8 Å². The Hall–Kier alpha value is -4.04. The maximum Gasteiger partial charge on any atom is 0.332 e. The number of benzene rings is 2. The topological polar surface area (TPSA) is 95.2 Å². The average molecular weight is 499 g/mol. The van der Waals surface area contributed by atoms with E-state index in [0.717, 1.165) is 11.1 Å². The van der Waals surface area contributed by atoms with Gasteiger partial charge in [0, 0.05) is 24.2 Å². The Kier molecular flexibility index (Phi) is 7.01. The van der Waals surface area contributed by atoms with Gasteiger partial charge in [0.15, 0.2) is 5.52 Å². The number of hydrogen-bond donors (Lipinski definition) is 1. The molecule has 190 valence electrons. The molecule has 0 radical (unpaired) electrons. The van der Waals surface area contributed by atoms with E-state index in [1.165, 1.54) is 10.1 Å². The molecular formula is C29H30N4O4. The van der Waals surface area contributed by atoms with E-state index in [1.54, 1.807) is 47.2 Å². The predicted molar refractivity (Wildman–Crippen MR) is 142 cm³/mol. The number of fused-ring (bicyclic) bond motifs is 1. The van der Waals surface area contributed by atoms with Crippen LogP contribution in [0.15, 0.2) is 76.4 Å². The van der Waals surface area contributed by atoms with Gasteiger partial charge in [0.2, 0.25) is 0 Å². The molecule has 1 saturated heterocycles. The van der Waals surface area contributed by atoms with Gasteiger partial charge in [0.05, 0.1) is 31.8 Å². The summed E-state index contributed by atoms with van der Waals surface area (Å²) in [4.78, 5) is 43.5. The number of ether oxygens (including phenoxy) is 1. The Labute approximate surface area is 214 Å². The molecule has 1 aliphatic rings. The molecule has 1 amide bonds. The maximum absolute atomic E-state index is 13.6. The van der Waals surface area contributed by atoms with Crippen LogP contribution in [0.25, 0.3) is 11.0 Å². The molecule has 1 N–H and O–H groups in total. The van der Waals surface area contributed by atoms with Crippen molar-refractivity contribution in [1.29, 1.82) is 0 Å². The summed E-state index contributed by atoms with van der Waals surface area (Å²) < 4.78 is 7.94. The van der Waals surface area contributed by atoms with Gasteiger partial charge in [-0.3, -0.25) is 18.7 Å². The van der Waals surface area contributed by atoms with Crippen LogP contribution >= 0.6 is 0 Å². The van der Waals surface area contributed by atoms with E-state index >= 15 is 0 Å². The van der Waals surface area contributed by atoms with Crippen molar-refractivity contribution in [2.45, 2.75) is 32.9 Å². The molecule has 2 aromatic carbocycles. The third kappa shape index (κ3) is 5.24. The Bertz CT molecular complexity index is 1530. The highest BCUT2D eigenvalue weighted by Gasteiger charge is 2.19. The lowest BCUT2D eigenvalue weighted by atomic mass is 10.0. The highest BCUT2D eigenvalue weighted by atomic mass is 16.5. The van der Waals surface area contributed by atoms with Gasteiger partial charge in [-0.2, -0.15) is 0 Å². The summed E-state index contributed by atoms with van der Waals surface area (Å²) in [6.07, 6.45) is 1.56. The van der Waals surface area contributed by atoms with Crippen LogP contribution < -0.4 is 16.6 Å². The Morgan fingerprint density at radius 3 is 2.24 bits per heavy atom. The van der Waals surface area contributed by atoms with Crippen LogP contribution in [0.5, 0.6) is 0 Å². The number of carbonyl (C=O) groups excluding carboxylic acids is 1. The molecule has 8 nitrogen and oxygen atoms in total. The van der Waals surface area contributed by atoms with Crippen LogP contribution in [0.3, 0.4) is 0 Å². The minimum Gasteiger partial charge on any atom is -0.381 e.